The van der Waals surface area contributed by atoms with Gasteiger partial charge in [-0.25, -0.2) is 0 Å². The monoisotopic (exact) mass is 463 g/mol. The van der Waals surface area contributed by atoms with Gasteiger partial charge in [-0.05, 0) is 54.0 Å². The van der Waals surface area contributed by atoms with Gasteiger partial charge in [0.15, 0.2) is 4.77 Å². The lowest BCUT2D eigenvalue weighted by atomic mass is 10.1. The average Bonchev–Trinajstić information content (AvgIpc) is 2.80. The van der Waals surface area contributed by atoms with Gasteiger partial charge in [0, 0.05) is 30.7 Å². The number of aryl methyl sites for hydroxylation is 1. The number of amides is 1. The summed E-state index contributed by atoms with van der Waals surface area (Å²) in [5.41, 5.74) is 2.86. The van der Waals surface area contributed by atoms with E-state index in [0.29, 0.717) is 45.8 Å². The van der Waals surface area contributed by atoms with E-state index in [1.165, 1.54) is 0 Å². The van der Waals surface area contributed by atoms with E-state index in [1.807, 2.05) is 48.5 Å². The third-order valence-electron chi connectivity index (χ3n) is 5.41. The van der Waals surface area contributed by atoms with Crippen LogP contribution in [-0.4, -0.2) is 27.4 Å². The molecule has 1 aromatic heterocycles. The Labute approximate surface area is 195 Å². The minimum absolute atomic E-state index is 0.164. The second kappa shape index (κ2) is 9.51. The van der Waals surface area contributed by atoms with Crippen molar-refractivity contribution in [1.29, 1.82) is 0 Å². The van der Waals surface area contributed by atoms with Gasteiger partial charge in [-0.3, -0.25) is 14.2 Å². The molecule has 1 heterocycles. The van der Waals surface area contributed by atoms with Gasteiger partial charge in [-0.1, -0.05) is 60.1 Å². The SMILES string of the molecule is CN(Cc1ccccc1Cl)C(=O)c1ccc2c(=O)n(CCc3ccccc3)c(=S)[nH]c2c1. The molecule has 0 unspecified atom stereocenters. The Hall–Kier alpha value is -3.22. The number of benzene rings is 3. The number of carbonyl (C=O) groups is 1. The number of aromatic nitrogens is 2. The number of fused-ring (bicyclic) bond motifs is 1. The molecule has 162 valence electrons. The Morgan fingerprint density at radius 3 is 2.53 bits per heavy atom. The maximum Gasteiger partial charge on any atom is 0.262 e. The standard InChI is InChI=1S/C25H22ClN3O2S/c1-28(16-19-9-5-6-10-21(19)26)23(30)18-11-12-20-22(15-18)27-25(32)29(24(20)31)14-13-17-7-3-2-4-8-17/h2-12,15H,13-14,16H2,1H3,(H,27,32). The summed E-state index contributed by atoms with van der Waals surface area (Å²) < 4.78 is 1.91. The normalized spacial score (nSPS) is 10.9. The van der Waals surface area contributed by atoms with Crippen LogP contribution >= 0.6 is 23.8 Å². The Bertz CT molecular complexity index is 1400. The number of carbonyl (C=O) groups excluding carboxylic acids is 1. The van der Waals surface area contributed by atoms with E-state index in [1.54, 1.807) is 40.8 Å². The van der Waals surface area contributed by atoms with Crippen molar-refractivity contribution in [2.75, 3.05) is 7.05 Å². The van der Waals surface area contributed by atoms with Crippen LogP contribution in [0.25, 0.3) is 10.9 Å². The quantitative estimate of drug-likeness (QED) is 0.398. The van der Waals surface area contributed by atoms with Crippen molar-refractivity contribution < 1.29 is 4.79 Å². The molecule has 1 amide bonds. The third-order valence-corrected chi connectivity index (χ3v) is 6.10. The zero-order valence-electron chi connectivity index (χ0n) is 17.5. The first-order chi connectivity index (χ1) is 15.4. The lowest BCUT2D eigenvalue weighted by Crippen LogP contribution is -2.27. The molecule has 0 aliphatic rings. The molecule has 5 nitrogen and oxygen atoms in total. The molecule has 32 heavy (non-hydrogen) atoms. The molecule has 0 atom stereocenters. The van der Waals surface area contributed by atoms with E-state index in [9.17, 15) is 9.59 Å². The molecule has 3 aromatic carbocycles. The molecular formula is C25H22ClN3O2S. The third kappa shape index (κ3) is 4.66. The molecule has 1 N–H and O–H groups in total. The average molecular weight is 464 g/mol. The number of hydrogen-bond donors (Lipinski definition) is 1. The highest BCUT2D eigenvalue weighted by Crippen LogP contribution is 2.18. The zero-order chi connectivity index (χ0) is 22.7. The summed E-state index contributed by atoms with van der Waals surface area (Å²) in [5.74, 6) is -0.167. The molecule has 7 heteroatoms. The first kappa shape index (κ1) is 22.0. The van der Waals surface area contributed by atoms with E-state index >= 15 is 0 Å². The smallest absolute Gasteiger partial charge is 0.262 e. The Morgan fingerprint density at radius 2 is 1.78 bits per heavy atom. The fourth-order valence-electron chi connectivity index (χ4n) is 3.65. The number of H-pyrrole nitrogens is 1. The Kier molecular flexibility index (Phi) is 6.53. The molecule has 0 spiro atoms. The number of nitrogens with one attached hydrogen (secondary N) is 1. The number of aromatic amines is 1. The van der Waals surface area contributed by atoms with E-state index in [2.05, 4.69) is 4.98 Å². The molecule has 4 rings (SSSR count). The number of hydrogen-bond acceptors (Lipinski definition) is 3. The maximum absolute atomic E-state index is 13.0. The first-order valence-electron chi connectivity index (χ1n) is 10.2. The van der Waals surface area contributed by atoms with Gasteiger partial charge < -0.3 is 9.88 Å². The predicted molar refractivity (Wildman–Crippen MR) is 131 cm³/mol. The second-order valence-electron chi connectivity index (χ2n) is 7.64. The minimum Gasteiger partial charge on any atom is -0.337 e. The fraction of sp³-hybridized carbons (Fsp3) is 0.160. The predicted octanol–water partition coefficient (Wildman–Crippen LogP) is 5.23. The Morgan fingerprint density at radius 1 is 1.06 bits per heavy atom. The summed E-state index contributed by atoms with van der Waals surface area (Å²) in [4.78, 5) is 30.7. The van der Waals surface area contributed by atoms with Gasteiger partial charge in [0.25, 0.3) is 11.5 Å². The molecule has 0 aliphatic heterocycles. The van der Waals surface area contributed by atoms with Gasteiger partial charge in [-0.2, -0.15) is 0 Å². The first-order valence-corrected chi connectivity index (χ1v) is 11.0. The van der Waals surface area contributed by atoms with Gasteiger partial charge in [0.05, 0.1) is 10.9 Å². The van der Waals surface area contributed by atoms with Gasteiger partial charge in [-0.15, -0.1) is 0 Å². The highest BCUT2D eigenvalue weighted by Gasteiger charge is 2.15. The minimum atomic E-state index is -0.167. The highest BCUT2D eigenvalue weighted by atomic mass is 35.5. The Balaban J connectivity index is 1.59. The van der Waals surface area contributed by atoms with Crippen molar-refractivity contribution in [2.45, 2.75) is 19.5 Å². The summed E-state index contributed by atoms with van der Waals surface area (Å²) in [6.45, 7) is 0.864. The van der Waals surface area contributed by atoms with Crippen LogP contribution in [0, 0.1) is 4.77 Å². The summed E-state index contributed by atoms with van der Waals surface area (Å²) >= 11 is 11.7. The van der Waals surface area contributed by atoms with Crippen molar-refractivity contribution in [3.8, 4) is 0 Å². The zero-order valence-corrected chi connectivity index (χ0v) is 19.1. The van der Waals surface area contributed by atoms with Crippen LogP contribution < -0.4 is 5.56 Å². The van der Waals surface area contributed by atoms with E-state index in [-0.39, 0.29) is 11.5 Å². The lowest BCUT2D eigenvalue weighted by molar-refractivity contribution is 0.0785. The largest absolute Gasteiger partial charge is 0.337 e. The van der Waals surface area contributed by atoms with E-state index in [4.69, 9.17) is 23.8 Å². The van der Waals surface area contributed by atoms with Crippen molar-refractivity contribution >= 4 is 40.6 Å². The maximum atomic E-state index is 13.0. The van der Waals surface area contributed by atoms with Crippen LogP contribution in [-0.2, 0) is 19.5 Å². The molecule has 0 saturated heterocycles. The van der Waals surface area contributed by atoms with Crippen LogP contribution in [0.2, 0.25) is 5.02 Å². The number of halogens is 1. The fourth-order valence-corrected chi connectivity index (χ4v) is 4.13. The molecule has 0 saturated carbocycles. The van der Waals surface area contributed by atoms with Crippen molar-refractivity contribution in [3.63, 3.8) is 0 Å². The van der Waals surface area contributed by atoms with Crippen LogP contribution in [0.3, 0.4) is 0 Å². The van der Waals surface area contributed by atoms with Gasteiger partial charge in [0.2, 0.25) is 0 Å². The van der Waals surface area contributed by atoms with Crippen molar-refractivity contribution in [1.82, 2.24) is 14.5 Å². The highest BCUT2D eigenvalue weighted by molar-refractivity contribution is 7.71. The summed E-state index contributed by atoms with van der Waals surface area (Å²) in [7, 11) is 1.72. The van der Waals surface area contributed by atoms with Gasteiger partial charge in [0.1, 0.15) is 0 Å². The molecule has 0 fully saturated rings. The van der Waals surface area contributed by atoms with E-state index in [0.717, 1.165) is 11.1 Å². The summed E-state index contributed by atoms with van der Waals surface area (Å²) in [6, 6.07) is 22.4. The van der Waals surface area contributed by atoms with Crippen LogP contribution in [0.5, 0.6) is 0 Å². The summed E-state index contributed by atoms with van der Waals surface area (Å²) in [6.07, 6.45) is 0.702. The lowest BCUT2D eigenvalue weighted by Gasteiger charge is -2.18. The van der Waals surface area contributed by atoms with Crippen LogP contribution in [0.4, 0.5) is 0 Å². The topological polar surface area (TPSA) is 58.1 Å². The number of nitrogens with zero attached hydrogens (tertiary/aromatic N) is 2. The molecule has 0 radical (unpaired) electrons. The number of rotatable bonds is 6. The molecule has 0 aliphatic carbocycles. The summed E-state index contributed by atoms with van der Waals surface area (Å²) in [5, 5.41) is 1.11. The van der Waals surface area contributed by atoms with Crippen LogP contribution in [0.15, 0.2) is 77.6 Å². The van der Waals surface area contributed by atoms with Gasteiger partial charge >= 0.3 is 0 Å². The molecule has 0 bridgehead atoms. The molecule has 4 aromatic rings. The van der Waals surface area contributed by atoms with Crippen LogP contribution in [0.1, 0.15) is 21.5 Å². The van der Waals surface area contributed by atoms with Crippen molar-refractivity contribution in [3.05, 3.63) is 110 Å². The molecular weight excluding hydrogens is 442 g/mol. The van der Waals surface area contributed by atoms with Crippen molar-refractivity contribution in [2.24, 2.45) is 0 Å². The second-order valence-corrected chi connectivity index (χ2v) is 8.43. The van der Waals surface area contributed by atoms with E-state index < -0.39 is 0 Å².